The van der Waals surface area contributed by atoms with Crippen molar-refractivity contribution in [3.8, 4) is 5.75 Å². The summed E-state index contributed by atoms with van der Waals surface area (Å²) in [6, 6.07) is 5.68. The number of aliphatic hydroxyl groups is 1. The van der Waals surface area contributed by atoms with E-state index in [9.17, 15) is 13.5 Å². The summed E-state index contributed by atoms with van der Waals surface area (Å²) in [4.78, 5) is 4.43. The van der Waals surface area contributed by atoms with Crippen molar-refractivity contribution in [3.05, 3.63) is 18.2 Å². The normalized spacial score (nSPS) is 23.7. The van der Waals surface area contributed by atoms with E-state index in [1.165, 1.54) is 11.3 Å². The number of hydrogen-bond donors (Lipinski definition) is 2. The molecule has 1 aromatic carbocycles. The van der Waals surface area contributed by atoms with Crippen LogP contribution in [0.15, 0.2) is 18.2 Å². The van der Waals surface area contributed by atoms with E-state index < -0.39 is 15.4 Å². The summed E-state index contributed by atoms with van der Waals surface area (Å²) in [7, 11) is -3.12. The van der Waals surface area contributed by atoms with Gasteiger partial charge in [0.1, 0.15) is 5.75 Å². The van der Waals surface area contributed by atoms with Crippen LogP contribution >= 0.6 is 11.3 Å². The van der Waals surface area contributed by atoms with Crippen LogP contribution < -0.4 is 10.1 Å². The monoisotopic (exact) mass is 342 g/mol. The summed E-state index contributed by atoms with van der Waals surface area (Å²) in [5.74, 6) is 0.653. The number of rotatable bonds is 5. The second-order valence-corrected chi connectivity index (χ2v) is 8.72. The Balaban J connectivity index is 1.72. The highest BCUT2D eigenvalue weighted by atomic mass is 32.2. The largest absolute Gasteiger partial charge is 0.494 e. The van der Waals surface area contributed by atoms with Gasteiger partial charge in [0.25, 0.3) is 0 Å². The topological polar surface area (TPSA) is 88.5 Å². The van der Waals surface area contributed by atoms with Gasteiger partial charge in [0.2, 0.25) is 0 Å². The Hall–Kier alpha value is -1.38. The Morgan fingerprint density at radius 3 is 3.00 bits per heavy atom. The molecule has 1 aliphatic rings. The van der Waals surface area contributed by atoms with Gasteiger partial charge in [0.15, 0.2) is 15.0 Å². The number of fused-ring (bicyclic) bond motifs is 1. The van der Waals surface area contributed by atoms with E-state index in [1.54, 1.807) is 0 Å². The molecule has 2 N–H and O–H groups in total. The van der Waals surface area contributed by atoms with Gasteiger partial charge in [-0.2, -0.15) is 0 Å². The van der Waals surface area contributed by atoms with Gasteiger partial charge in [-0.25, -0.2) is 13.4 Å². The van der Waals surface area contributed by atoms with Crippen molar-refractivity contribution in [2.24, 2.45) is 0 Å². The van der Waals surface area contributed by atoms with Crippen molar-refractivity contribution in [3.63, 3.8) is 0 Å². The quantitative estimate of drug-likeness (QED) is 0.859. The molecule has 3 rings (SSSR count). The van der Waals surface area contributed by atoms with Crippen LogP contribution in [0.3, 0.4) is 0 Å². The number of anilines is 1. The Bertz CT molecular complexity index is 787. The van der Waals surface area contributed by atoms with Crippen LogP contribution in [-0.2, 0) is 9.84 Å². The zero-order valence-corrected chi connectivity index (χ0v) is 13.8. The second-order valence-electron chi connectivity index (χ2n) is 5.50. The molecule has 2 aromatic rings. The predicted molar refractivity (Wildman–Crippen MR) is 87.5 cm³/mol. The number of aromatic nitrogens is 1. The first-order valence-electron chi connectivity index (χ1n) is 7.09. The van der Waals surface area contributed by atoms with Gasteiger partial charge >= 0.3 is 0 Å². The van der Waals surface area contributed by atoms with Gasteiger partial charge in [-0.05, 0) is 31.5 Å². The fourth-order valence-electron chi connectivity index (χ4n) is 2.52. The molecule has 1 atom stereocenters. The maximum Gasteiger partial charge on any atom is 0.183 e. The van der Waals surface area contributed by atoms with E-state index in [-0.39, 0.29) is 24.5 Å². The molecular weight excluding hydrogens is 324 g/mol. The zero-order chi connectivity index (χ0) is 15.8. The van der Waals surface area contributed by atoms with E-state index in [1.807, 2.05) is 25.1 Å². The van der Waals surface area contributed by atoms with Crippen LogP contribution in [0.5, 0.6) is 5.75 Å². The first-order chi connectivity index (χ1) is 10.4. The number of sulfone groups is 1. The van der Waals surface area contributed by atoms with Crippen LogP contribution in [0.25, 0.3) is 10.2 Å². The number of benzene rings is 1. The molecule has 1 aromatic heterocycles. The van der Waals surface area contributed by atoms with Gasteiger partial charge < -0.3 is 15.2 Å². The lowest BCUT2D eigenvalue weighted by Crippen LogP contribution is -2.38. The summed E-state index contributed by atoms with van der Waals surface area (Å²) >= 11 is 1.46. The highest BCUT2D eigenvalue weighted by molar-refractivity contribution is 7.91. The molecule has 1 saturated heterocycles. The summed E-state index contributed by atoms with van der Waals surface area (Å²) in [6.45, 7) is 2.72. The molecule has 0 aliphatic carbocycles. The first kappa shape index (κ1) is 15.5. The van der Waals surface area contributed by atoms with Crippen molar-refractivity contribution in [2.45, 2.75) is 18.9 Å². The maximum atomic E-state index is 11.5. The van der Waals surface area contributed by atoms with Crippen LogP contribution in [0.1, 0.15) is 13.3 Å². The average molecular weight is 342 g/mol. The Kier molecular flexibility index (Phi) is 4.00. The molecule has 0 saturated carbocycles. The Morgan fingerprint density at radius 1 is 1.50 bits per heavy atom. The molecule has 0 bridgehead atoms. The van der Waals surface area contributed by atoms with Crippen LogP contribution in [0.4, 0.5) is 5.13 Å². The van der Waals surface area contributed by atoms with E-state index in [4.69, 9.17) is 4.74 Å². The first-order valence-corrected chi connectivity index (χ1v) is 9.73. The number of thiazole rings is 1. The molecule has 2 heterocycles. The zero-order valence-electron chi connectivity index (χ0n) is 12.2. The lowest BCUT2D eigenvalue weighted by Gasteiger charge is -2.20. The van der Waals surface area contributed by atoms with E-state index in [0.29, 0.717) is 11.7 Å². The van der Waals surface area contributed by atoms with E-state index in [2.05, 4.69) is 10.3 Å². The van der Waals surface area contributed by atoms with Crippen LogP contribution in [0.2, 0.25) is 0 Å². The summed E-state index contributed by atoms with van der Waals surface area (Å²) in [6.07, 6.45) is 0.266. The Labute approximate surface area is 133 Å². The molecule has 22 heavy (non-hydrogen) atoms. The van der Waals surface area contributed by atoms with Crippen LogP contribution in [0, 0.1) is 0 Å². The van der Waals surface area contributed by atoms with Gasteiger partial charge in [-0.3, -0.25) is 0 Å². The number of ether oxygens (including phenoxy) is 1. The van der Waals surface area contributed by atoms with Gasteiger partial charge in [0.05, 0.1) is 33.9 Å². The van der Waals surface area contributed by atoms with E-state index in [0.717, 1.165) is 16.0 Å². The van der Waals surface area contributed by atoms with Gasteiger partial charge in [0, 0.05) is 6.54 Å². The van der Waals surface area contributed by atoms with Crippen molar-refractivity contribution in [1.29, 1.82) is 0 Å². The number of nitrogens with zero attached hydrogens (tertiary/aromatic N) is 1. The molecule has 0 spiro atoms. The smallest absolute Gasteiger partial charge is 0.183 e. The van der Waals surface area contributed by atoms with Crippen molar-refractivity contribution in [1.82, 2.24) is 4.98 Å². The molecule has 0 radical (unpaired) electrons. The van der Waals surface area contributed by atoms with Gasteiger partial charge in [-0.1, -0.05) is 11.3 Å². The van der Waals surface area contributed by atoms with Crippen molar-refractivity contribution in [2.75, 3.05) is 30.0 Å². The molecule has 0 amide bonds. The van der Waals surface area contributed by atoms with Crippen molar-refractivity contribution < 1.29 is 18.3 Å². The average Bonchev–Trinajstić information content (AvgIpc) is 2.97. The molecule has 8 heteroatoms. The summed E-state index contributed by atoms with van der Waals surface area (Å²) < 4.78 is 29.4. The fourth-order valence-corrected chi connectivity index (χ4v) is 5.31. The van der Waals surface area contributed by atoms with E-state index >= 15 is 0 Å². The summed E-state index contributed by atoms with van der Waals surface area (Å²) in [5, 5.41) is 14.0. The highest BCUT2D eigenvalue weighted by Gasteiger charge is 2.40. The minimum atomic E-state index is -3.12. The third-order valence-corrected chi connectivity index (χ3v) is 6.39. The SMILES string of the molecule is CCOc1ccc2nc(NCC3(O)CCS(=O)(=O)C3)sc2c1. The molecule has 1 unspecified atom stereocenters. The molecular formula is C14H18N2O4S2. The van der Waals surface area contributed by atoms with Gasteiger partial charge in [-0.15, -0.1) is 0 Å². The lowest BCUT2D eigenvalue weighted by atomic mass is 10.0. The molecule has 1 aliphatic heterocycles. The third kappa shape index (κ3) is 3.34. The Morgan fingerprint density at radius 2 is 2.32 bits per heavy atom. The molecule has 120 valence electrons. The van der Waals surface area contributed by atoms with Crippen LogP contribution in [-0.4, -0.2) is 48.8 Å². The predicted octanol–water partition coefficient (Wildman–Crippen LogP) is 1.66. The lowest BCUT2D eigenvalue weighted by molar-refractivity contribution is 0.0815. The minimum Gasteiger partial charge on any atom is -0.494 e. The molecule has 6 nitrogen and oxygen atoms in total. The highest BCUT2D eigenvalue weighted by Crippen LogP contribution is 2.30. The standard InChI is InChI=1S/C14H18N2O4S2/c1-2-20-10-3-4-11-12(7-10)21-13(16-11)15-8-14(17)5-6-22(18,19)9-14/h3-4,7,17H,2,5-6,8-9H2,1H3,(H,15,16). The van der Waals surface area contributed by atoms with Crippen molar-refractivity contribution >= 4 is 36.5 Å². The third-order valence-electron chi connectivity index (χ3n) is 3.61. The maximum absolute atomic E-state index is 11.5. The summed E-state index contributed by atoms with van der Waals surface area (Å²) in [5.41, 5.74) is -0.352. The minimum absolute atomic E-state index is 0.0444. The molecule has 1 fully saturated rings. The second kappa shape index (κ2) is 5.68. The number of hydrogen-bond acceptors (Lipinski definition) is 7. The fraction of sp³-hybridized carbons (Fsp3) is 0.500. The number of nitrogens with one attached hydrogen (secondary N) is 1.